The SMILES string of the molecule is NCCCCCCCCOc1ccc(Cc2nc3c(Cc4ccccc4)nc(-c4ccccc4)cn3c2O)cc1F. The van der Waals surface area contributed by atoms with E-state index in [0.29, 0.717) is 29.9 Å². The molecule has 3 N–H and O–H groups in total. The third-order valence-corrected chi connectivity index (χ3v) is 7.23. The van der Waals surface area contributed by atoms with Gasteiger partial charge in [-0.2, -0.15) is 0 Å². The zero-order valence-electron chi connectivity index (χ0n) is 23.3. The number of ether oxygens (including phenoxy) is 1. The summed E-state index contributed by atoms with van der Waals surface area (Å²) in [7, 11) is 0. The molecule has 0 aliphatic carbocycles. The minimum absolute atomic E-state index is 0.0288. The lowest BCUT2D eigenvalue weighted by atomic mass is 10.1. The molecule has 212 valence electrons. The number of unbranched alkanes of at least 4 members (excludes halogenated alkanes) is 5. The minimum Gasteiger partial charge on any atom is -0.493 e. The fourth-order valence-electron chi connectivity index (χ4n) is 5.02. The first-order chi connectivity index (χ1) is 20.1. The Morgan fingerprint density at radius 2 is 1.44 bits per heavy atom. The van der Waals surface area contributed by atoms with Crippen molar-refractivity contribution in [2.75, 3.05) is 13.2 Å². The summed E-state index contributed by atoms with van der Waals surface area (Å²) in [4.78, 5) is 9.71. The smallest absolute Gasteiger partial charge is 0.219 e. The van der Waals surface area contributed by atoms with Gasteiger partial charge in [0.25, 0.3) is 0 Å². The molecule has 0 fully saturated rings. The number of aromatic nitrogens is 3. The van der Waals surface area contributed by atoms with Crippen LogP contribution < -0.4 is 10.5 Å². The molecular formula is C34H37FN4O2. The average molecular weight is 553 g/mol. The number of nitrogens with two attached hydrogens (primary N) is 1. The van der Waals surface area contributed by atoms with Crippen molar-refractivity contribution in [3.05, 3.63) is 113 Å². The summed E-state index contributed by atoms with van der Waals surface area (Å²) in [5, 5.41) is 11.2. The van der Waals surface area contributed by atoms with Gasteiger partial charge in [-0.1, -0.05) is 92.4 Å². The van der Waals surface area contributed by atoms with E-state index in [9.17, 15) is 9.50 Å². The van der Waals surface area contributed by atoms with E-state index in [4.69, 9.17) is 20.4 Å². The van der Waals surface area contributed by atoms with Crippen molar-refractivity contribution in [3.8, 4) is 22.9 Å². The van der Waals surface area contributed by atoms with Crippen LogP contribution in [0.2, 0.25) is 0 Å². The Labute approximate surface area is 240 Å². The molecule has 0 aliphatic rings. The van der Waals surface area contributed by atoms with Gasteiger partial charge in [0.15, 0.2) is 17.2 Å². The van der Waals surface area contributed by atoms with E-state index >= 15 is 0 Å². The maximum Gasteiger partial charge on any atom is 0.219 e. The summed E-state index contributed by atoms with van der Waals surface area (Å²) in [6.45, 7) is 1.23. The zero-order valence-corrected chi connectivity index (χ0v) is 23.3. The third-order valence-electron chi connectivity index (χ3n) is 7.23. The molecule has 6 nitrogen and oxygen atoms in total. The van der Waals surface area contributed by atoms with Crippen LogP contribution in [-0.2, 0) is 12.8 Å². The Morgan fingerprint density at radius 1 is 0.756 bits per heavy atom. The van der Waals surface area contributed by atoms with E-state index < -0.39 is 5.82 Å². The summed E-state index contributed by atoms with van der Waals surface area (Å²) in [6.07, 6.45) is 9.15. The fraction of sp³-hybridized carbons (Fsp3) is 0.294. The molecule has 0 unspecified atom stereocenters. The van der Waals surface area contributed by atoms with E-state index in [1.54, 1.807) is 16.7 Å². The van der Waals surface area contributed by atoms with Gasteiger partial charge in [-0.15, -0.1) is 0 Å². The fourth-order valence-corrected chi connectivity index (χ4v) is 5.02. The number of aromatic hydroxyl groups is 1. The molecule has 7 heteroatoms. The average Bonchev–Trinajstić information content (AvgIpc) is 3.31. The molecule has 0 atom stereocenters. The van der Waals surface area contributed by atoms with Crippen molar-refractivity contribution in [2.24, 2.45) is 5.73 Å². The second kappa shape index (κ2) is 13.9. The number of benzene rings is 3. The van der Waals surface area contributed by atoms with Crippen LogP contribution in [0.25, 0.3) is 16.9 Å². The normalized spacial score (nSPS) is 11.3. The molecule has 5 rings (SSSR count). The van der Waals surface area contributed by atoms with Gasteiger partial charge >= 0.3 is 0 Å². The van der Waals surface area contributed by atoms with E-state index in [1.165, 1.54) is 12.5 Å². The number of hydrogen-bond donors (Lipinski definition) is 2. The Morgan fingerprint density at radius 3 is 2.17 bits per heavy atom. The van der Waals surface area contributed by atoms with Gasteiger partial charge in [-0.25, -0.2) is 14.4 Å². The number of nitrogens with zero attached hydrogens (tertiary/aromatic N) is 3. The molecule has 0 amide bonds. The van der Waals surface area contributed by atoms with Gasteiger partial charge < -0.3 is 15.6 Å². The molecule has 0 saturated carbocycles. The van der Waals surface area contributed by atoms with E-state index in [0.717, 1.165) is 61.2 Å². The zero-order chi connectivity index (χ0) is 28.4. The second-order valence-corrected chi connectivity index (χ2v) is 10.4. The van der Waals surface area contributed by atoms with Crippen LogP contribution in [0, 0.1) is 5.82 Å². The third kappa shape index (κ3) is 7.30. The van der Waals surface area contributed by atoms with Crippen molar-refractivity contribution in [1.82, 2.24) is 14.4 Å². The molecule has 0 saturated heterocycles. The first kappa shape index (κ1) is 28.3. The predicted octanol–water partition coefficient (Wildman–Crippen LogP) is 7.10. The van der Waals surface area contributed by atoms with Crippen LogP contribution >= 0.6 is 0 Å². The number of rotatable bonds is 14. The predicted molar refractivity (Wildman–Crippen MR) is 161 cm³/mol. The molecule has 0 spiro atoms. The van der Waals surface area contributed by atoms with Gasteiger partial charge in [0.05, 0.1) is 18.0 Å². The van der Waals surface area contributed by atoms with Crippen LogP contribution in [-0.4, -0.2) is 32.6 Å². The largest absolute Gasteiger partial charge is 0.493 e. The van der Waals surface area contributed by atoms with Crippen LogP contribution in [0.5, 0.6) is 11.6 Å². The minimum atomic E-state index is -0.411. The van der Waals surface area contributed by atoms with Crippen LogP contribution in [0.15, 0.2) is 85.1 Å². The maximum absolute atomic E-state index is 14.9. The number of hydrogen-bond acceptors (Lipinski definition) is 5. The van der Waals surface area contributed by atoms with E-state index in [2.05, 4.69) is 0 Å². The number of fused-ring (bicyclic) bond motifs is 1. The van der Waals surface area contributed by atoms with Crippen molar-refractivity contribution in [2.45, 2.75) is 51.4 Å². The van der Waals surface area contributed by atoms with Crippen LogP contribution in [0.4, 0.5) is 4.39 Å². The molecule has 5 aromatic rings. The molecular weight excluding hydrogens is 515 g/mol. The van der Waals surface area contributed by atoms with Gasteiger partial charge in [0, 0.05) is 24.6 Å². The van der Waals surface area contributed by atoms with Gasteiger partial charge in [0.2, 0.25) is 5.88 Å². The highest BCUT2D eigenvalue weighted by molar-refractivity contribution is 5.63. The van der Waals surface area contributed by atoms with E-state index in [-0.39, 0.29) is 18.1 Å². The van der Waals surface area contributed by atoms with Gasteiger partial charge in [-0.3, -0.25) is 4.40 Å². The molecule has 2 aromatic heterocycles. The highest BCUT2D eigenvalue weighted by atomic mass is 19.1. The number of halogens is 1. The molecule has 0 aliphatic heterocycles. The Hall–Kier alpha value is -4.23. The topological polar surface area (TPSA) is 85.7 Å². The van der Waals surface area contributed by atoms with E-state index in [1.807, 2.05) is 66.7 Å². The van der Waals surface area contributed by atoms with Crippen LogP contribution in [0.3, 0.4) is 0 Å². The first-order valence-corrected chi connectivity index (χ1v) is 14.4. The standard InChI is InChI=1S/C34H37FN4O2/c35-28-21-26(17-18-32(28)41-20-12-4-2-1-3-11-19-36)23-30-34(40)39-24-31(27-15-9-6-10-16-27)37-29(33(39)38-30)22-25-13-7-5-8-14-25/h5-10,13-18,21,24,40H,1-4,11-12,19-20,22-23,36H2. The van der Waals surface area contributed by atoms with Crippen molar-refractivity contribution in [3.63, 3.8) is 0 Å². The number of imidazole rings is 1. The quantitative estimate of drug-likeness (QED) is 0.144. The molecule has 3 aromatic carbocycles. The lowest BCUT2D eigenvalue weighted by Crippen LogP contribution is -2.01. The molecule has 0 bridgehead atoms. The summed E-state index contributed by atoms with van der Waals surface area (Å²) < 4.78 is 22.3. The summed E-state index contributed by atoms with van der Waals surface area (Å²) in [6, 6.07) is 24.9. The monoisotopic (exact) mass is 552 g/mol. The highest BCUT2D eigenvalue weighted by Gasteiger charge is 2.18. The van der Waals surface area contributed by atoms with Gasteiger partial charge in [0.1, 0.15) is 5.69 Å². The molecule has 41 heavy (non-hydrogen) atoms. The Kier molecular flexibility index (Phi) is 9.60. The highest BCUT2D eigenvalue weighted by Crippen LogP contribution is 2.29. The van der Waals surface area contributed by atoms with Gasteiger partial charge in [-0.05, 0) is 42.6 Å². The summed E-state index contributed by atoms with van der Waals surface area (Å²) in [5.74, 6) is -0.134. The van der Waals surface area contributed by atoms with Crippen molar-refractivity contribution >= 4 is 5.65 Å². The molecule has 2 heterocycles. The van der Waals surface area contributed by atoms with Crippen LogP contribution in [0.1, 0.15) is 61.0 Å². The summed E-state index contributed by atoms with van der Waals surface area (Å²) >= 11 is 0. The van der Waals surface area contributed by atoms with Crippen molar-refractivity contribution in [1.29, 1.82) is 0 Å². The Balaban J connectivity index is 1.33. The summed E-state index contributed by atoms with van der Waals surface area (Å²) in [5.41, 5.74) is 10.8. The molecule has 0 radical (unpaired) electrons. The van der Waals surface area contributed by atoms with Crippen molar-refractivity contribution < 1.29 is 14.2 Å². The second-order valence-electron chi connectivity index (χ2n) is 10.4. The lowest BCUT2D eigenvalue weighted by molar-refractivity contribution is 0.290. The lowest BCUT2D eigenvalue weighted by Gasteiger charge is -2.09. The Bertz CT molecular complexity index is 1550. The first-order valence-electron chi connectivity index (χ1n) is 14.4. The maximum atomic E-state index is 14.9.